The summed E-state index contributed by atoms with van der Waals surface area (Å²) in [5, 5.41) is 0. The van der Waals surface area contributed by atoms with Crippen molar-refractivity contribution in [3.8, 4) is 0 Å². The van der Waals surface area contributed by atoms with Crippen LogP contribution in [0, 0.1) is 5.92 Å². The zero-order valence-corrected chi connectivity index (χ0v) is 10.2. The first-order valence-electron chi connectivity index (χ1n) is 6.37. The lowest BCUT2D eigenvalue weighted by molar-refractivity contribution is -0.137. The minimum absolute atomic E-state index is 0.0289. The molecule has 1 aromatic rings. The number of rotatable bonds is 4. The van der Waals surface area contributed by atoms with E-state index in [0.29, 0.717) is 17.9 Å². The van der Waals surface area contributed by atoms with Crippen LogP contribution >= 0.6 is 0 Å². The normalized spacial score (nSPS) is 18.4. The van der Waals surface area contributed by atoms with Crippen molar-refractivity contribution >= 4 is 0 Å². The number of hydrogen-bond acceptors (Lipinski definition) is 1. The molecular weight excluding hydrogens is 239 g/mol. The molecule has 2 N–H and O–H groups in total. The molecule has 0 aliphatic heterocycles. The third-order valence-electron chi connectivity index (χ3n) is 3.61. The fraction of sp³-hybridized carbons (Fsp3) is 0.571. The molecule has 1 fully saturated rings. The Morgan fingerprint density at radius 1 is 1.28 bits per heavy atom. The van der Waals surface area contributed by atoms with Gasteiger partial charge in [-0.3, -0.25) is 0 Å². The summed E-state index contributed by atoms with van der Waals surface area (Å²) in [5.41, 5.74) is 6.08. The Labute approximate surface area is 105 Å². The Balaban J connectivity index is 1.95. The van der Waals surface area contributed by atoms with Crippen LogP contribution in [-0.2, 0) is 12.6 Å². The summed E-state index contributed by atoms with van der Waals surface area (Å²) in [7, 11) is 0. The van der Waals surface area contributed by atoms with Crippen LogP contribution in [0.25, 0.3) is 0 Å². The van der Waals surface area contributed by atoms with E-state index in [9.17, 15) is 13.2 Å². The van der Waals surface area contributed by atoms with Crippen LogP contribution in [0.5, 0.6) is 0 Å². The van der Waals surface area contributed by atoms with Crippen LogP contribution in [0.4, 0.5) is 13.2 Å². The first kappa shape index (κ1) is 13.4. The van der Waals surface area contributed by atoms with Crippen LogP contribution in [0.2, 0.25) is 0 Å². The van der Waals surface area contributed by atoms with E-state index in [0.717, 1.165) is 12.5 Å². The fourth-order valence-electron chi connectivity index (χ4n) is 2.42. The summed E-state index contributed by atoms with van der Waals surface area (Å²) in [6.45, 7) is 0. The Morgan fingerprint density at radius 3 is 2.56 bits per heavy atom. The minimum Gasteiger partial charge on any atom is -0.327 e. The molecule has 1 aliphatic rings. The maximum absolute atomic E-state index is 12.5. The van der Waals surface area contributed by atoms with Crippen LogP contribution in [0.15, 0.2) is 24.3 Å². The molecule has 0 aromatic heterocycles. The van der Waals surface area contributed by atoms with Gasteiger partial charge in [0.05, 0.1) is 5.56 Å². The summed E-state index contributed by atoms with van der Waals surface area (Å²) >= 11 is 0. The lowest BCUT2D eigenvalue weighted by atomic mass is 9.80. The Bertz CT molecular complexity index is 396. The van der Waals surface area contributed by atoms with Crippen molar-refractivity contribution in [2.75, 3.05) is 0 Å². The molecule has 18 heavy (non-hydrogen) atoms. The van der Waals surface area contributed by atoms with Crippen molar-refractivity contribution in [3.05, 3.63) is 35.4 Å². The highest BCUT2D eigenvalue weighted by atomic mass is 19.4. The molecule has 1 aliphatic carbocycles. The molecule has 4 heteroatoms. The van der Waals surface area contributed by atoms with E-state index in [1.54, 1.807) is 6.07 Å². The third kappa shape index (κ3) is 3.48. The molecule has 0 bridgehead atoms. The maximum atomic E-state index is 12.5. The van der Waals surface area contributed by atoms with Gasteiger partial charge in [0.15, 0.2) is 0 Å². The topological polar surface area (TPSA) is 26.0 Å². The van der Waals surface area contributed by atoms with Gasteiger partial charge in [0.25, 0.3) is 0 Å². The van der Waals surface area contributed by atoms with Gasteiger partial charge in [0, 0.05) is 6.04 Å². The van der Waals surface area contributed by atoms with Crippen molar-refractivity contribution < 1.29 is 13.2 Å². The number of benzene rings is 1. The Kier molecular flexibility index (Phi) is 3.95. The average molecular weight is 257 g/mol. The average Bonchev–Trinajstić information content (AvgIpc) is 2.23. The predicted molar refractivity (Wildman–Crippen MR) is 65.1 cm³/mol. The molecule has 1 aromatic carbocycles. The predicted octanol–water partition coefficient (Wildman–Crippen LogP) is 3.77. The molecule has 2 rings (SSSR count). The highest BCUT2D eigenvalue weighted by Crippen LogP contribution is 2.32. The molecule has 0 radical (unpaired) electrons. The zero-order valence-electron chi connectivity index (χ0n) is 10.2. The summed E-state index contributed by atoms with van der Waals surface area (Å²) < 4.78 is 37.6. The summed E-state index contributed by atoms with van der Waals surface area (Å²) in [5.74, 6) is 0.686. The van der Waals surface area contributed by atoms with E-state index in [4.69, 9.17) is 5.73 Å². The van der Waals surface area contributed by atoms with Gasteiger partial charge in [-0.05, 0) is 30.4 Å². The summed E-state index contributed by atoms with van der Waals surface area (Å²) in [6.07, 6.45) is 0.887. The maximum Gasteiger partial charge on any atom is 0.416 e. The first-order valence-corrected chi connectivity index (χ1v) is 6.37. The number of hydrogen-bond donors (Lipinski definition) is 1. The van der Waals surface area contributed by atoms with Crippen molar-refractivity contribution in [3.63, 3.8) is 0 Å². The van der Waals surface area contributed by atoms with Crippen LogP contribution in [-0.4, -0.2) is 6.04 Å². The molecule has 1 atom stereocenters. The minimum atomic E-state index is -4.27. The second kappa shape index (κ2) is 5.31. The molecule has 0 spiro atoms. The van der Waals surface area contributed by atoms with Crippen molar-refractivity contribution in [2.45, 2.75) is 44.3 Å². The van der Waals surface area contributed by atoms with Gasteiger partial charge in [-0.2, -0.15) is 13.2 Å². The van der Waals surface area contributed by atoms with Gasteiger partial charge in [0.2, 0.25) is 0 Å². The molecule has 100 valence electrons. The molecule has 0 saturated heterocycles. The van der Waals surface area contributed by atoms with Crippen molar-refractivity contribution in [1.29, 1.82) is 0 Å². The SMILES string of the molecule is NC(Cc1cccc(C(F)(F)F)c1)CC1CCC1. The molecule has 0 heterocycles. The van der Waals surface area contributed by atoms with Gasteiger partial charge in [-0.15, -0.1) is 0 Å². The van der Waals surface area contributed by atoms with Gasteiger partial charge < -0.3 is 5.73 Å². The van der Waals surface area contributed by atoms with E-state index in [1.807, 2.05) is 0 Å². The molecule has 1 saturated carbocycles. The quantitative estimate of drug-likeness (QED) is 0.873. The smallest absolute Gasteiger partial charge is 0.327 e. The first-order chi connectivity index (χ1) is 8.45. The van der Waals surface area contributed by atoms with E-state index < -0.39 is 11.7 Å². The molecule has 1 unspecified atom stereocenters. The van der Waals surface area contributed by atoms with E-state index in [2.05, 4.69) is 0 Å². The highest BCUT2D eigenvalue weighted by Gasteiger charge is 2.30. The monoisotopic (exact) mass is 257 g/mol. The van der Waals surface area contributed by atoms with Gasteiger partial charge >= 0.3 is 6.18 Å². The van der Waals surface area contributed by atoms with Gasteiger partial charge in [0.1, 0.15) is 0 Å². The largest absolute Gasteiger partial charge is 0.416 e. The highest BCUT2D eigenvalue weighted by molar-refractivity contribution is 5.26. The molecular formula is C14H18F3N. The van der Waals surface area contributed by atoms with E-state index in [-0.39, 0.29) is 6.04 Å². The van der Waals surface area contributed by atoms with Crippen LogP contribution in [0.3, 0.4) is 0 Å². The third-order valence-corrected chi connectivity index (χ3v) is 3.61. The second-order valence-electron chi connectivity index (χ2n) is 5.19. The summed E-state index contributed by atoms with van der Waals surface area (Å²) in [4.78, 5) is 0. The van der Waals surface area contributed by atoms with E-state index >= 15 is 0 Å². The van der Waals surface area contributed by atoms with Crippen molar-refractivity contribution in [2.24, 2.45) is 11.7 Å². The Hall–Kier alpha value is -1.03. The van der Waals surface area contributed by atoms with Crippen LogP contribution < -0.4 is 5.73 Å². The molecule has 1 nitrogen and oxygen atoms in total. The standard InChI is InChI=1S/C14H18F3N/c15-14(16,17)12-6-2-5-11(7-12)9-13(18)8-10-3-1-4-10/h2,5-7,10,13H,1,3-4,8-9,18H2. The number of halogens is 3. The summed E-state index contributed by atoms with van der Waals surface area (Å²) in [6, 6.07) is 5.45. The second-order valence-corrected chi connectivity index (χ2v) is 5.19. The van der Waals surface area contributed by atoms with E-state index in [1.165, 1.54) is 31.4 Å². The van der Waals surface area contributed by atoms with Crippen molar-refractivity contribution in [1.82, 2.24) is 0 Å². The fourth-order valence-corrected chi connectivity index (χ4v) is 2.42. The van der Waals surface area contributed by atoms with Gasteiger partial charge in [-0.25, -0.2) is 0 Å². The number of alkyl halides is 3. The number of nitrogens with two attached hydrogens (primary N) is 1. The lowest BCUT2D eigenvalue weighted by Crippen LogP contribution is -2.28. The van der Waals surface area contributed by atoms with Gasteiger partial charge in [-0.1, -0.05) is 37.5 Å². The zero-order chi connectivity index (χ0) is 13.2. The molecule has 0 amide bonds. The Morgan fingerprint density at radius 2 is 2.00 bits per heavy atom. The lowest BCUT2D eigenvalue weighted by Gasteiger charge is -2.28. The van der Waals surface area contributed by atoms with Crippen LogP contribution in [0.1, 0.15) is 36.8 Å².